The fourth-order valence-electron chi connectivity index (χ4n) is 4.76. The van der Waals surface area contributed by atoms with Gasteiger partial charge in [-0.25, -0.2) is 0 Å². The lowest BCUT2D eigenvalue weighted by atomic mass is 9.93. The molecule has 3 heteroatoms. The van der Waals surface area contributed by atoms with Crippen molar-refractivity contribution in [1.29, 1.82) is 0 Å². The highest BCUT2D eigenvalue weighted by Crippen LogP contribution is 2.30. The number of rotatable bonds is 15. The third-order valence-corrected chi connectivity index (χ3v) is 7.30. The Morgan fingerprint density at radius 3 is 1.79 bits per heavy atom. The molecule has 0 unspecified atom stereocenters. The average molecular weight is 510 g/mol. The molecule has 0 radical (unpaired) electrons. The molecule has 0 amide bonds. The van der Waals surface area contributed by atoms with Crippen molar-refractivity contribution in [2.75, 3.05) is 36.5 Å². The van der Waals surface area contributed by atoms with Gasteiger partial charge in [0.15, 0.2) is 0 Å². The van der Waals surface area contributed by atoms with E-state index in [1.54, 1.807) is 6.20 Å². The Labute approximate surface area is 231 Å². The maximum Gasteiger partial charge on any atom is 0.0366 e. The summed E-state index contributed by atoms with van der Waals surface area (Å²) in [6.07, 6.45) is 8.99. The molecule has 0 aliphatic rings. The van der Waals surface area contributed by atoms with Crippen LogP contribution in [-0.2, 0) is 0 Å². The monoisotopic (exact) mass is 509 g/mol. The van der Waals surface area contributed by atoms with E-state index < -0.39 is 0 Å². The van der Waals surface area contributed by atoms with E-state index >= 15 is 0 Å². The van der Waals surface area contributed by atoms with Gasteiger partial charge in [-0.3, -0.25) is 0 Å². The molecule has 202 valence electrons. The summed E-state index contributed by atoms with van der Waals surface area (Å²) < 4.78 is 0. The number of nitrogens with two attached hydrogens (primary N) is 1. The van der Waals surface area contributed by atoms with Crippen molar-refractivity contribution in [2.24, 2.45) is 5.73 Å². The van der Waals surface area contributed by atoms with Crippen molar-refractivity contribution >= 4 is 22.5 Å². The molecule has 38 heavy (non-hydrogen) atoms. The van der Waals surface area contributed by atoms with E-state index in [0.29, 0.717) is 0 Å². The maximum absolute atomic E-state index is 6.15. The summed E-state index contributed by atoms with van der Waals surface area (Å²) in [5, 5.41) is 0. The van der Waals surface area contributed by atoms with E-state index in [0.717, 1.165) is 53.0 Å². The summed E-state index contributed by atoms with van der Waals surface area (Å²) in [6.45, 7) is 14.5. The van der Waals surface area contributed by atoms with Crippen LogP contribution in [0.5, 0.6) is 0 Å². The molecule has 3 aromatic carbocycles. The van der Waals surface area contributed by atoms with Gasteiger partial charge in [-0.15, -0.1) is 0 Å². The zero-order chi connectivity index (χ0) is 27.3. The molecule has 3 rings (SSSR count). The van der Waals surface area contributed by atoms with E-state index in [4.69, 9.17) is 5.73 Å². The van der Waals surface area contributed by atoms with Crippen molar-refractivity contribution in [3.63, 3.8) is 0 Å². The van der Waals surface area contributed by atoms with Crippen molar-refractivity contribution < 1.29 is 0 Å². The minimum Gasteiger partial charge on any atom is -0.404 e. The smallest absolute Gasteiger partial charge is 0.0366 e. The lowest BCUT2D eigenvalue weighted by Gasteiger charge is -2.25. The quantitative estimate of drug-likeness (QED) is 0.222. The molecule has 0 aliphatic carbocycles. The Bertz CT molecular complexity index is 1150. The highest BCUT2D eigenvalue weighted by molar-refractivity contribution is 5.84. The molecule has 0 atom stereocenters. The first-order valence-electron chi connectivity index (χ1n) is 14.4. The predicted octanol–water partition coefficient (Wildman–Crippen LogP) is 8.74. The zero-order valence-corrected chi connectivity index (χ0v) is 24.0. The Hall–Kier alpha value is -3.46. The van der Waals surface area contributed by atoms with E-state index in [1.807, 2.05) is 0 Å². The molecule has 0 spiro atoms. The Morgan fingerprint density at radius 2 is 1.21 bits per heavy atom. The van der Waals surface area contributed by atoms with Crippen LogP contribution in [0.2, 0.25) is 0 Å². The third kappa shape index (κ3) is 7.77. The summed E-state index contributed by atoms with van der Waals surface area (Å²) in [6, 6.07) is 26.2. The van der Waals surface area contributed by atoms with Crippen molar-refractivity contribution in [3.05, 3.63) is 108 Å². The molecule has 0 aromatic heterocycles. The normalized spacial score (nSPS) is 11.4. The zero-order valence-electron chi connectivity index (χ0n) is 24.0. The van der Waals surface area contributed by atoms with Gasteiger partial charge >= 0.3 is 0 Å². The number of unbranched alkanes of at least 4 members (excludes halogenated alkanes) is 3. The first kappa shape index (κ1) is 29.1. The van der Waals surface area contributed by atoms with Gasteiger partial charge in [0.1, 0.15) is 0 Å². The van der Waals surface area contributed by atoms with Crippen LogP contribution >= 0.6 is 0 Å². The molecule has 0 saturated carbocycles. The van der Waals surface area contributed by atoms with Gasteiger partial charge in [0.05, 0.1) is 0 Å². The molecule has 0 fully saturated rings. The second kappa shape index (κ2) is 15.1. The van der Waals surface area contributed by atoms with Crippen LogP contribution in [0, 0.1) is 0 Å². The molecule has 3 aromatic rings. The number of benzene rings is 3. The van der Waals surface area contributed by atoms with Gasteiger partial charge in [-0.2, -0.15) is 0 Å². The maximum atomic E-state index is 6.15. The van der Waals surface area contributed by atoms with Crippen LogP contribution in [0.3, 0.4) is 0 Å². The van der Waals surface area contributed by atoms with E-state index in [1.165, 1.54) is 49.9 Å². The van der Waals surface area contributed by atoms with Gasteiger partial charge < -0.3 is 15.5 Å². The second-order valence-electron chi connectivity index (χ2n) is 10.2. The van der Waals surface area contributed by atoms with E-state index in [2.05, 4.69) is 117 Å². The number of nitrogens with zero attached hydrogens (tertiary/aromatic N) is 2. The molecule has 3 nitrogen and oxygen atoms in total. The molecule has 0 aliphatic heterocycles. The fraction of sp³-hybridized carbons (Fsp3) is 0.371. The Balaban J connectivity index is 1.77. The molecular formula is C35H47N3. The Morgan fingerprint density at radius 1 is 0.684 bits per heavy atom. The highest BCUT2D eigenvalue weighted by Gasteiger charge is 2.11. The summed E-state index contributed by atoms with van der Waals surface area (Å²) >= 11 is 0. The number of hydrogen-bond donors (Lipinski definition) is 1. The van der Waals surface area contributed by atoms with Crippen LogP contribution in [0.15, 0.2) is 85.6 Å². The fourth-order valence-corrected chi connectivity index (χ4v) is 4.76. The third-order valence-electron chi connectivity index (χ3n) is 7.30. The topological polar surface area (TPSA) is 32.5 Å². The van der Waals surface area contributed by atoms with Crippen LogP contribution < -0.4 is 15.5 Å². The molecule has 0 saturated heterocycles. The Kier molecular flexibility index (Phi) is 11.5. The van der Waals surface area contributed by atoms with Crippen molar-refractivity contribution in [3.8, 4) is 0 Å². The van der Waals surface area contributed by atoms with Crippen LogP contribution in [-0.4, -0.2) is 26.7 Å². The van der Waals surface area contributed by atoms with E-state index in [9.17, 15) is 0 Å². The summed E-state index contributed by atoms with van der Waals surface area (Å²) in [5.41, 5.74) is 15.2. The van der Waals surface area contributed by atoms with Crippen LogP contribution in [0.4, 0.5) is 11.4 Å². The average Bonchev–Trinajstić information content (AvgIpc) is 2.96. The number of hydrogen-bond acceptors (Lipinski definition) is 3. The van der Waals surface area contributed by atoms with Gasteiger partial charge in [-0.1, -0.05) is 89.1 Å². The first-order valence-corrected chi connectivity index (χ1v) is 14.4. The number of anilines is 2. The first-order chi connectivity index (χ1) is 18.5. The van der Waals surface area contributed by atoms with Gasteiger partial charge in [0.2, 0.25) is 0 Å². The lowest BCUT2D eigenvalue weighted by Crippen LogP contribution is -2.25. The summed E-state index contributed by atoms with van der Waals surface area (Å²) in [5.74, 6) is 0. The van der Waals surface area contributed by atoms with Gasteiger partial charge in [0.25, 0.3) is 0 Å². The second-order valence-corrected chi connectivity index (χ2v) is 10.2. The largest absolute Gasteiger partial charge is 0.404 e. The van der Waals surface area contributed by atoms with Gasteiger partial charge in [-0.05, 0) is 77.4 Å². The van der Waals surface area contributed by atoms with E-state index in [-0.39, 0.29) is 0 Å². The molecular weight excluding hydrogens is 462 g/mol. The minimum absolute atomic E-state index is 1.02. The standard InChI is InChI=1S/C35H47N3/c1-6-9-23-37(5)33-19-17-30(18-20-33)35(27-36)32-14-12-13-31(26-32)28(4)29-15-21-34(22-16-29)38(24-10-7-2)25-11-8-3/h12-22,26-27H,4,6-11,23-25,36H2,1-3,5H3/b35-27-. The van der Waals surface area contributed by atoms with Crippen molar-refractivity contribution in [2.45, 2.75) is 59.3 Å². The van der Waals surface area contributed by atoms with Gasteiger partial charge in [0, 0.05) is 49.8 Å². The van der Waals surface area contributed by atoms with Crippen LogP contribution in [0.1, 0.15) is 81.5 Å². The van der Waals surface area contributed by atoms with Crippen molar-refractivity contribution in [1.82, 2.24) is 0 Å². The summed E-state index contributed by atoms with van der Waals surface area (Å²) in [7, 11) is 2.15. The predicted molar refractivity (Wildman–Crippen MR) is 169 cm³/mol. The highest BCUT2D eigenvalue weighted by atomic mass is 15.1. The SMILES string of the molecule is C=C(c1ccc(N(CCCC)CCCC)cc1)c1cccc(/C(=C\N)c2ccc(N(C)CCCC)cc2)c1. The minimum atomic E-state index is 1.02. The summed E-state index contributed by atoms with van der Waals surface area (Å²) in [4.78, 5) is 4.83. The van der Waals surface area contributed by atoms with Crippen LogP contribution in [0.25, 0.3) is 11.1 Å². The molecule has 2 N–H and O–H groups in total. The molecule has 0 heterocycles. The lowest BCUT2D eigenvalue weighted by molar-refractivity contribution is 0.678. The molecule has 0 bridgehead atoms.